The molecule has 0 unspecified atom stereocenters. The number of anilines is 1. The standard InChI is InChI=1S/C19H26N2O7S/c1-27-11-9-21(8-5-10-22)16-12-14(19(23)24)13-17(29(20,25)26)18(16)28-15-6-3-2-4-7-15/h2-4,6-7,12-13,19,22-24H,5,8-11H2,1H3,(H2,20,25,26). The third-order valence-electron chi connectivity index (χ3n) is 4.12. The van der Waals surface area contributed by atoms with Gasteiger partial charge in [0.1, 0.15) is 10.6 Å². The summed E-state index contributed by atoms with van der Waals surface area (Å²) in [4.78, 5) is 1.35. The summed E-state index contributed by atoms with van der Waals surface area (Å²) < 4.78 is 35.5. The molecular weight excluding hydrogens is 400 g/mol. The Bertz CT molecular complexity index is 881. The van der Waals surface area contributed by atoms with Crippen LogP contribution in [0.3, 0.4) is 0 Å². The number of ether oxygens (including phenoxy) is 2. The molecule has 0 amide bonds. The average molecular weight is 426 g/mol. The van der Waals surface area contributed by atoms with Crippen molar-refractivity contribution in [3.05, 3.63) is 48.0 Å². The number of aliphatic hydroxyl groups excluding tert-OH is 2. The molecule has 0 fully saturated rings. The second-order valence-corrected chi connectivity index (χ2v) is 7.79. The maximum absolute atomic E-state index is 12.3. The van der Waals surface area contributed by atoms with E-state index >= 15 is 0 Å². The highest BCUT2D eigenvalue weighted by molar-refractivity contribution is 7.89. The number of hydrogen-bond donors (Lipinski definition) is 4. The highest BCUT2D eigenvalue weighted by atomic mass is 32.2. The predicted molar refractivity (Wildman–Crippen MR) is 107 cm³/mol. The molecule has 2 aromatic rings. The number of sulfonamides is 1. The number of nitrogens with two attached hydrogens (primary N) is 1. The first-order valence-electron chi connectivity index (χ1n) is 8.92. The third-order valence-corrected chi connectivity index (χ3v) is 5.03. The van der Waals surface area contributed by atoms with Crippen LogP contribution in [0, 0.1) is 0 Å². The lowest BCUT2D eigenvalue weighted by Gasteiger charge is -2.28. The Kier molecular flexibility index (Phi) is 8.38. The number of nitrogens with zero attached hydrogens (tertiary/aromatic N) is 1. The number of benzene rings is 2. The Balaban J connectivity index is 2.69. The van der Waals surface area contributed by atoms with Crippen LogP contribution in [0.25, 0.3) is 0 Å². The zero-order valence-corrected chi connectivity index (χ0v) is 16.9. The Morgan fingerprint density at radius 2 is 1.83 bits per heavy atom. The molecule has 0 aliphatic rings. The van der Waals surface area contributed by atoms with Gasteiger partial charge in [-0.1, -0.05) is 18.2 Å². The summed E-state index contributed by atoms with van der Waals surface area (Å²) >= 11 is 0. The van der Waals surface area contributed by atoms with Gasteiger partial charge in [-0.3, -0.25) is 0 Å². The van der Waals surface area contributed by atoms with Crippen molar-refractivity contribution in [2.45, 2.75) is 17.6 Å². The lowest BCUT2D eigenvalue weighted by Crippen LogP contribution is -2.30. The molecule has 0 saturated carbocycles. The van der Waals surface area contributed by atoms with Gasteiger partial charge >= 0.3 is 0 Å². The largest absolute Gasteiger partial charge is 0.454 e. The van der Waals surface area contributed by atoms with Crippen LogP contribution in [-0.2, 0) is 14.8 Å². The molecule has 9 nitrogen and oxygen atoms in total. The highest BCUT2D eigenvalue weighted by Gasteiger charge is 2.26. The van der Waals surface area contributed by atoms with Crippen LogP contribution in [0.5, 0.6) is 11.5 Å². The first-order chi connectivity index (χ1) is 13.8. The molecule has 2 rings (SSSR count). The van der Waals surface area contributed by atoms with Crippen LogP contribution in [0.4, 0.5) is 5.69 Å². The Morgan fingerprint density at radius 1 is 1.14 bits per heavy atom. The van der Waals surface area contributed by atoms with E-state index in [1.165, 1.54) is 13.2 Å². The Hall–Kier alpha value is -2.21. The van der Waals surface area contributed by atoms with Crippen molar-refractivity contribution < 1.29 is 33.2 Å². The zero-order chi connectivity index (χ0) is 21.4. The topological polar surface area (TPSA) is 143 Å². The van der Waals surface area contributed by atoms with E-state index in [1.807, 2.05) is 0 Å². The maximum Gasteiger partial charge on any atom is 0.241 e. The van der Waals surface area contributed by atoms with E-state index in [0.717, 1.165) is 6.07 Å². The van der Waals surface area contributed by atoms with Gasteiger partial charge in [-0.2, -0.15) is 0 Å². The van der Waals surface area contributed by atoms with E-state index in [-0.39, 0.29) is 28.5 Å². The number of primary sulfonamides is 1. The van der Waals surface area contributed by atoms with Gasteiger partial charge in [-0.05, 0) is 30.7 Å². The fraction of sp³-hybridized carbons (Fsp3) is 0.368. The lowest BCUT2D eigenvalue weighted by atomic mass is 10.1. The van der Waals surface area contributed by atoms with Crippen LogP contribution < -0.4 is 14.8 Å². The quantitative estimate of drug-likeness (QED) is 0.389. The Morgan fingerprint density at radius 3 is 2.38 bits per heavy atom. The monoisotopic (exact) mass is 426 g/mol. The predicted octanol–water partition coefficient (Wildman–Crippen LogP) is 0.945. The van der Waals surface area contributed by atoms with Gasteiger partial charge in [0, 0.05) is 32.4 Å². The summed E-state index contributed by atoms with van der Waals surface area (Å²) in [6, 6.07) is 11.0. The van der Waals surface area contributed by atoms with Crippen LogP contribution >= 0.6 is 0 Å². The second kappa shape index (κ2) is 10.5. The van der Waals surface area contributed by atoms with Crippen LogP contribution in [0.15, 0.2) is 47.4 Å². The first-order valence-corrected chi connectivity index (χ1v) is 10.5. The number of methoxy groups -OCH3 is 1. The average Bonchev–Trinajstić information content (AvgIpc) is 2.68. The summed E-state index contributed by atoms with van der Waals surface area (Å²) in [5.41, 5.74) is 0.227. The zero-order valence-electron chi connectivity index (χ0n) is 16.1. The molecule has 29 heavy (non-hydrogen) atoms. The summed E-state index contributed by atoms with van der Waals surface area (Å²) in [5.74, 6) is 0.335. The minimum absolute atomic E-state index is 0.0443. The molecule has 10 heteroatoms. The van der Waals surface area contributed by atoms with E-state index in [4.69, 9.17) is 14.6 Å². The molecule has 0 saturated heterocycles. The molecule has 2 aromatic carbocycles. The van der Waals surface area contributed by atoms with Crippen molar-refractivity contribution in [2.75, 3.05) is 38.3 Å². The third kappa shape index (κ3) is 6.39. The summed E-state index contributed by atoms with van der Waals surface area (Å²) in [6.45, 7) is 0.923. The molecule has 0 radical (unpaired) electrons. The summed E-state index contributed by atoms with van der Waals surface area (Å²) in [6.07, 6.45) is -1.52. The van der Waals surface area contributed by atoms with E-state index < -0.39 is 16.3 Å². The van der Waals surface area contributed by atoms with Crippen molar-refractivity contribution in [1.29, 1.82) is 0 Å². The van der Waals surface area contributed by atoms with Crippen molar-refractivity contribution in [3.63, 3.8) is 0 Å². The fourth-order valence-corrected chi connectivity index (χ4v) is 3.43. The number of hydrogen-bond acceptors (Lipinski definition) is 8. The Labute approximate surface area is 170 Å². The maximum atomic E-state index is 12.3. The second-order valence-electron chi connectivity index (χ2n) is 6.26. The highest BCUT2D eigenvalue weighted by Crippen LogP contribution is 2.40. The van der Waals surface area contributed by atoms with Gasteiger partial charge in [-0.15, -0.1) is 0 Å². The summed E-state index contributed by atoms with van der Waals surface area (Å²) in [7, 11) is -2.74. The van der Waals surface area contributed by atoms with Crippen LogP contribution in [-0.4, -0.2) is 57.2 Å². The molecule has 0 aliphatic carbocycles. The molecule has 0 aromatic heterocycles. The normalized spacial score (nSPS) is 11.7. The number of para-hydroxylation sites is 1. The lowest BCUT2D eigenvalue weighted by molar-refractivity contribution is -0.0426. The molecule has 0 bridgehead atoms. The van der Waals surface area contributed by atoms with Gasteiger partial charge in [0.05, 0.1) is 12.3 Å². The van der Waals surface area contributed by atoms with E-state index in [2.05, 4.69) is 0 Å². The molecule has 5 N–H and O–H groups in total. The van der Waals surface area contributed by atoms with E-state index in [1.54, 1.807) is 35.2 Å². The minimum Gasteiger partial charge on any atom is -0.454 e. The smallest absolute Gasteiger partial charge is 0.241 e. The van der Waals surface area contributed by atoms with Gasteiger partial charge in [-0.25, -0.2) is 13.6 Å². The van der Waals surface area contributed by atoms with Crippen molar-refractivity contribution in [2.24, 2.45) is 5.14 Å². The first kappa shape index (κ1) is 23.1. The van der Waals surface area contributed by atoms with Crippen molar-refractivity contribution in [3.8, 4) is 11.5 Å². The van der Waals surface area contributed by atoms with Gasteiger partial charge < -0.3 is 29.7 Å². The molecule has 160 valence electrons. The number of aliphatic hydroxyl groups is 3. The van der Waals surface area contributed by atoms with E-state index in [0.29, 0.717) is 31.9 Å². The molecule has 0 aliphatic heterocycles. The molecular formula is C19H26N2O7S. The van der Waals surface area contributed by atoms with Crippen molar-refractivity contribution >= 4 is 15.7 Å². The van der Waals surface area contributed by atoms with Crippen LogP contribution in [0.1, 0.15) is 18.3 Å². The minimum atomic E-state index is -4.26. The SMILES string of the molecule is COCCN(CCCO)c1cc(C(O)O)cc(S(N)(=O)=O)c1Oc1ccccc1. The molecule has 0 heterocycles. The van der Waals surface area contributed by atoms with Crippen molar-refractivity contribution in [1.82, 2.24) is 0 Å². The van der Waals surface area contributed by atoms with Crippen LogP contribution in [0.2, 0.25) is 0 Å². The molecule has 0 spiro atoms. The summed E-state index contributed by atoms with van der Waals surface area (Å²) in [5, 5.41) is 33.9. The number of rotatable bonds is 11. The fourth-order valence-electron chi connectivity index (χ4n) is 2.73. The molecule has 0 atom stereocenters. The van der Waals surface area contributed by atoms with Gasteiger partial charge in [0.15, 0.2) is 12.0 Å². The van der Waals surface area contributed by atoms with E-state index in [9.17, 15) is 23.7 Å². The van der Waals surface area contributed by atoms with Gasteiger partial charge in [0.25, 0.3) is 0 Å². The van der Waals surface area contributed by atoms with Gasteiger partial charge in [0.2, 0.25) is 10.0 Å².